The zero-order chi connectivity index (χ0) is 23.8. The second kappa shape index (κ2) is 7.43. The summed E-state index contributed by atoms with van der Waals surface area (Å²) in [5.41, 5.74) is -0.750. The number of rotatable bonds is 2. The molecular formula is C26H15BrClNO5. The molecule has 2 amide bonds. The minimum atomic E-state index is -2.08. The lowest BCUT2D eigenvalue weighted by Gasteiger charge is -2.27. The molecule has 2 heterocycles. The lowest BCUT2D eigenvalue weighted by molar-refractivity contribution is -0.127. The van der Waals surface area contributed by atoms with E-state index >= 15 is 0 Å². The molecule has 2 saturated heterocycles. The number of amides is 2. The molecule has 3 atom stereocenters. The van der Waals surface area contributed by atoms with Gasteiger partial charge < -0.3 is 4.74 Å². The van der Waals surface area contributed by atoms with E-state index in [4.69, 9.17) is 16.3 Å². The van der Waals surface area contributed by atoms with Crippen LogP contribution in [0.25, 0.3) is 0 Å². The first-order chi connectivity index (χ1) is 16.3. The fourth-order valence-corrected chi connectivity index (χ4v) is 5.71. The Morgan fingerprint density at radius 1 is 0.794 bits per heavy atom. The zero-order valence-electron chi connectivity index (χ0n) is 17.4. The van der Waals surface area contributed by atoms with Crippen molar-refractivity contribution < 1.29 is 23.9 Å². The Morgan fingerprint density at radius 2 is 1.38 bits per heavy atom. The molecule has 0 aromatic heterocycles. The van der Waals surface area contributed by atoms with Gasteiger partial charge in [-0.3, -0.25) is 19.2 Å². The smallest absolute Gasteiger partial charge is 0.241 e. The van der Waals surface area contributed by atoms with Gasteiger partial charge in [0.2, 0.25) is 29.0 Å². The fourth-order valence-electron chi connectivity index (χ4n) is 5.32. The molecule has 2 fully saturated rings. The van der Waals surface area contributed by atoms with E-state index in [1.165, 1.54) is 0 Å². The van der Waals surface area contributed by atoms with Crippen LogP contribution in [-0.4, -0.2) is 29.0 Å². The first-order valence-electron chi connectivity index (χ1n) is 10.6. The SMILES string of the molecule is O=C1[C@H]2[C@H](c3ccc(Br)cc3)OC3(C(=O)c4ccccc4C3=O)[C@H]2C(=O)N1c1ccc(Cl)cc1. The summed E-state index contributed by atoms with van der Waals surface area (Å²) in [5, 5.41) is 0.451. The molecule has 168 valence electrons. The second-order valence-electron chi connectivity index (χ2n) is 8.52. The number of ketones is 2. The van der Waals surface area contributed by atoms with Crippen molar-refractivity contribution in [2.24, 2.45) is 11.8 Å². The fraction of sp³-hybridized carbons (Fsp3) is 0.154. The van der Waals surface area contributed by atoms with Crippen molar-refractivity contribution in [2.75, 3.05) is 4.90 Å². The number of imide groups is 1. The van der Waals surface area contributed by atoms with Crippen LogP contribution >= 0.6 is 27.5 Å². The second-order valence-corrected chi connectivity index (χ2v) is 9.87. The van der Waals surface area contributed by atoms with Crippen LogP contribution in [-0.2, 0) is 14.3 Å². The van der Waals surface area contributed by atoms with Gasteiger partial charge in [0.15, 0.2) is 0 Å². The highest BCUT2D eigenvalue weighted by Crippen LogP contribution is 2.57. The normalized spacial score (nSPS) is 24.8. The van der Waals surface area contributed by atoms with Crippen LogP contribution in [0, 0.1) is 11.8 Å². The van der Waals surface area contributed by atoms with Crippen LogP contribution in [0.15, 0.2) is 77.3 Å². The summed E-state index contributed by atoms with van der Waals surface area (Å²) in [5.74, 6) is -4.63. The number of nitrogens with zero attached hydrogens (tertiary/aromatic N) is 1. The number of benzene rings is 3. The Kier molecular flexibility index (Phi) is 4.68. The van der Waals surface area contributed by atoms with Crippen molar-refractivity contribution in [3.63, 3.8) is 0 Å². The number of anilines is 1. The summed E-state index contributed by atoms with van der Waals surface area (Å²) >= 11 is 9.38. The van der Waals surface area contributed by atoms with E-state index in [-0.39, 0.29) is 11.1 Å². The number of carbonyl (C=O) groups excluding carboxylic acids is 4. The third-order valence-electron chi connectivity index (χ3n) is 6.80. The first-order valence-corrected chi connectivity index (χ1v) is 11.8. The highest BCUT2D eigenvalue weighted by atomic mass is 79.9. The molecule has 3 aromatic carbocycles. The number of halogens is 2. The standard InChI is InChI=1S/C26H15BrClNO5/c27-14-7-5-13(6-8-14)21-19-20(25(33)29(24(19)32)16-11-9-15(28)10-12-16)26(34-21)22(30)17-3-1-2-4-18(17)23(26)31/h1-12,19-21H/t19-,20-,21+/m1/s1. The molecular weight excluding hydrogens is 522 g/mol. The minimum Gasteiger partial charge on any atom is -0.349 e. The van der Waals surface area contributed by atoms with Crippen molar-refractivity contribution in [1.82, 2.24) is 0 Å². The van der Waals surface area contributed by atoms with Crippen molar-refractivity contribution in [3.05, 3.63) is 99.0 Å². The van der Waals surface area contributed by atoms with Gasteiger partial charge in [-0.05, 0) is 42.0 Å². The van der Waals surface area contributed by atoms with E-state index in [2.05, 4.69) is 15.9 Å². The van der Waals surface area contributed by atoms with E-state index < -0.39 is 46.9 Å². The molecule has 3 aliphatic rings. The van der Waals surface area contributed by atoms with E-state index in [9.17, 15) is 19.2 Å². The quantitative estimate of drug-likeness (QED) is 0.347. The molecule has 0 unspecified atom stereocenters. The Bertz CT molecular complexity index is 1370. The molecule has 0 radical (unpaired) electrons. The van der Waals surface area contributed by atoms with Gasteiger partial charge in [0.1, 0.15) is 0 Å². The Labute approximate surface area is 207 Å². The van der Waals surface area contributed by atoms with Crippen molar-refractivity contribution in [2.45, 2.75) is 11.7 Å². The predicted octanol–water partition coefficient (Wildman–Crippen LogP) is 4.80. The molecule has 0 N–H and O–H groups in total. The molecule has 1 aliphatic carbocycles. The van der Waals surface area contributed by atoms with Crippen LogP contribution in [0.1, 0.15) is 32.4 Å². The third kappa shape index (κ3) is 2.72. The maximum Gasteiger partial charge on any atom is 0.241 e. The number of ether oxygens (including phenoxy) is 1. The van der Waals surface area contributed by atoms with E-state index in [1.54, 1.807) is 72.8 Å². The molecule has 6 rings (SSSR count). The van der Waals surface area contributed by atoms with Gasteiger partial charge in [-0.2, -0.15) is 0 Å². The molecule has 0 bridgehead atoms. The van der Waals surface area contributed by atoms with Gasteiger partial charge in [0, 0.05) is 20.6 Å². The Morgan fingerprint density at radius 3 is 1.97 bits per heavy atom. The summed E-state index contributed by atoms with van der Waals surface area (Å²) in [4.78, 5) is 55.9. The van der Waals surface area contributed by atoms with E-state index in [0.717, 1.165) is 9.37 Å². The molecule has 34 heavy (non-hydrogen) atoms. The largest absolute Gasteiger partial charge is 0.349 e. The van der Waals surface area contributed by atoms with Crippen molar-refractivity contribution in [3.8, 4) is 0 Å². The summed E-state index contributed by atoms with van der Waals surface area (Å²) in [6, 6.07) is 19.8. The number of hydrogen-bond acceptors (Lipinski definition) is 5. The Balaban J connectivity index is 1.54. The van der Waals surface area contributed by atoms with Crippen LogP contribution in [0.2, 0.25) is 5.02 Å². The van der Waals surface area contributed by atoms with Crippen LogP contribution in [0.3, 0.4) is 0 Å². The monoisotopic (exact) mass is 535 g/mol. The zero-order valence-corrected chi connectivity index (χ0v) is 19.7. The molecule has 3 aromatic rings. The average Bonchev–Trinajstić information content (AvgIpc) is 3.40. The van der Waals surface area contributed by atoms with Crippen LogP contribution in [0.4, 0.5) is 5.69 Å². The molecule has 2 aliphatic heterocycles. The summed E-state index contributed by atoms with van der Waals surface area (Å²) in [6.45, 7) is 0. The minimum absolute atomic E-state index is 0.202. The Hall–Kier alpha value is -3.13. The van der Waals surface area contributed by atoms with Crippen LogP contribution in [0.5, 0.6) is 0 Å². The molecule has 0 saturated carbocycles. The predicted molar refractivity (Wildman–Crippen MR) is 127 cm³/mol. The van der Waals surface area contributed by atoms with Crippen LogP contribution < -0.4 is 4.90 Å². The van der Waals surface area contributed by atoms with E-state index in [0.29, 0.717) is 16.3 Å². The van der Waals surface area contributed by atoms with Gasteiger partial charge in [0.05, 0.1) is 23.6 Å². The maximum atomic E-state index is 13.8. The first kappa shape index (κ1) is 21.4. The highest BCUT2D eigenvalue weighted by Gasteiger charge is 2.74. The van der Waals surface area contributed by atoms with Crippen molar-refractivity contribution >= 4 is 56.6 Å². The number of hydrogen-bond donors (Lipinski definition) is 0. The van der Waals surface area contributed by atoms with Gasteiger partial charge in [0.25, 0.3) is 0 Å². The van der Waals surface area contributed by atoms with Gasteiger partial charge in [-0.15, -0.1) is 0 Å². The lowest BCUT2D eigenvalue weighted by Crippen LogP contribution is -2.51. The topological polar surface area (TPSA) is 80.8 Å². The maximum absolute atomic E-state index is 13.8. The third-order valence-corrected chi connectivity index (χ3v) is 7.58. The van der Waals surface area contributed by atoms with Crippen molar-refractivity contribution in [1.29, 1.82) is 0 Å². The van der Waals surface area contributed by atoms with Gasteiger partial charge in [-0.25, -0.2) is 4.90 Å². The number of fused-ring (bicyclic) bond motifs is 3. The van der Waals surface area contributed by atoms with Gasteiger partial charge in [-0.1, -0.05) is 63.9 Å². The number of Topliss-reactive ketones (excluding diaryl/α,β-unsaturated/α-hetero) is 2. The molecule has 6 nitrogen and oxygen atoms in total. The van der Waals surface area contributed by atoms with Gasteiger partial charge >= 0.3 is 0 Å². The summed E-state index contributed by atoms with van der Waals surface area (Å²) in [7, 11) is 0. The lowest BCUT2D eigenvalue weighted by atomic mass is 9.77. The summed E-state index contributed by atoms with van der Waals surface area (Å²) < 4.78 is 7.07. The highest BCUT2D eigenvalue weighted by molar-refractivity contribution is 9.10. The molecule has 1 spiro atoms. The summed E-state index contributed by atoms with van der Waals surface area (Å²) in [6.07, 6.45) is -0.950. The average molecular weight is 537 g/mol. The van der Waals surface area contributed by atoms with E-state index in [1.807, 2.05) is 0 Å². The molecule has 8 heteroatoms. The number of carbonyl (C=O) groups is 4.